The second-order valence-electron chi connectivity index (χ2n) is 7.71. The van der Waals surface area contributed by atoms with Gasteiger partial charge in [0, 0.05) is 37.5 Å². The van der Waals surface area contributed by atoms with E-state index < -0.39 is 23.1 Å². The number of amides is 1. The van der Waals surface area contributed by atoms with Gasteiger partial charge >= 0.3 is 0 Å². The molecule has 154 valence electrons. The summed E-state index contributed by atoms with van der Waals surface area (Å²) in [6, 6.07) is 11.6. The quantitative estimate of drug-likeness (QED) is 0.855. The zero-order valence-corrected chi connectivity index (χ0v) is 16.3. The van der Waals surface area contributed by atoms with Crippen LogP contribution in [0.25, 0.3) is 0 Å². The first-order valence-electron chi connectivity index (χ1n) is 9.69. The lowest BCUT2D eigenvalue weighted by atomic mass is 9.81. The number of hydrogen-bond donors (Lipinski definition) is 1. The average Bonchev–Trinajstić information content (AvgIpc) is 2.90. The van der Waals surface area contributed by atoms with Crippen molar-refractivity contribution in [1.82, 2.24) is 10.2 Å². The molecular formula is C22H24F2N2O3. The number of hydrogen-bond acceptors (Lipinski definition) is 4. The van der Waals surface area contributed by atoms with E-state index in [1.807, 2.05) is 24.3 Å². The molecule has 2 aliphatic heterocycles. The lowest BCUT2D eigenvalue weighted by molar-refractivity contribution is -0.122. The number of nitrogens with one attached hydrogen (secondary N) is 1. The van der Waals surface area contributed by atoms with Crippen molar-refractivity contribution < 1.29 is 23.0 Å². The Morgan fingerprint density at radius 2 is 1.93 bits per heavy atom. The third-order valence-corrected chi connectivity index (χ3v) is 5.75. The van der Waals surface area contributed by atoms with E-state index in [2.05, 4.69) is 10.2 Å². The molecule has 0 aliphatic carbocycles. The smallest absolute Gasteiger partial charge is 0.222 e. The highest BCUT2D eigenvalue weighted by molar-refractivity contribution is 5.77. The molecule has 2 heterocycles. The fourth-order valence-corrected chi connectivity index (χ4v) is 4.40. The van der Waals surface area contributed by atoms with E-state index in [1.54, 1.807) is 7.11 Å². The summed E-state index contributed by atoms with van der Waals surface area (Å²) in [5.74, 6) is -1.14. The molecule has 0 aromatic heterocycles. The van der Waals surface area contributed by atoms with Gasteiger partial charge in [0.1, 0.15) is 17.4 Å². The average molecular weight is 402 g/mol. The Labute approximate surface area is 168 Å². The summed E-state index contributed by atoms with van der Waals surface area (Å²) in [4.78, 5) is 14.4. The Morgan fingerprint density at radius 1 is 1.21 bits per heavy atom. The van der Waals surface area contributed by atoms with Crippen molar-refractivity contribution in [2.75, 3.05) is 33.4 Å². The number of benzene rings is 2. The third-order valence-electron chi connectivity index (χ3n) is 5.75. The van der Waals surface area contributed by atoms with Gasteiger partial charge in [0.15, 0.2) is 0 Å². The van der Waals surface area contributed by atoms with Gasteiger partial charge in [-0.05, 0) is 29.8 Å². The van der Waals surface area contributed by atoms with Crippen LogP contribution in [-0.2, 0) is 16.1 Å². The molecule has 2 aromatic rings. The van der Waals surface area contributed by atoms with Gasteiger partial charge in [-0.1, -0.05) is 18.2 Å². The minimum Gasteiger partial charge on any atom is -0.497 e. The van der Waals surface area contributed by atoms with Gasteiger partial charge in [-0.3, -0.25) is 9.69 Å². The Balaban J connectivity index is 1.66. The second kappa shape index (κ2) is 8.08. The molecule has 2 aliphatic rings. The van der Waals surface area contributed by atoms with Gasteiger partial charge in [0.25, 0.3) is 0 Å². The van der Waals surface area contributed by atoms with Crippen LogP contribution < -0.4 is 10.1 Å². The van der Waals surface area contributed by atoms with Crippen LogP contribution in [0.1, 0.15) is 23.5 Å². The lowest BCUT2D eigenvalue weighted by Gasteiger charge is -2.34. The molecule has 0 saturated carbocycles. The highest BCUT2D eigenvalue weighted by atomic mass is 19.1. The van der Waals surface area contributed by atoms with E-state index in [0.717, 1.165) is 11.3 Å². The van der Waals surface area contributed by atoms with Crippen LogP contribution in [0.2, 0.25) is 0 Å². The summed E-state index contributed by atoms with van der Waals surface area (Å²) in [5, 5.41) is 3.03. The third kappa shape index (κ3) is 3.97. The Bertz CT molecular complexity index is 870. The van der Waals surface area contributed by atoms with Gasteiger partial charge in [0.2, 0.25) is 5.91 Å². The summed E-state index contributed by atoms with van der Waals surface area (Å²) >= 11 is 0. The fraction of sp³-hybridized carbons (Fsp3) is 0.409. The van der Waals surface area contributed by atoms with Crippen LogP contribution >= 0.6 is 0 Å². The number of likely N-dealkylation sites (tertiary alicyclic amines) is 1. The largest absolute Gasteiger partial charge is 0.497 e. The van der Waals surface area contributed by atoms with E-state index in [9.17, 15) is 13.6 Å². The van der Waals surface area contributed by atoms with E-state index in [0.29, 0.717) is 26.2 Å². The molecule has 29 heavy (non-hydrogen) atoms. The molecule has 2 aromatic carbocycles. The predicted molar refractivity (Wildman–Crippen MR) is 104 cm³/mol. The Hall–Kier alpha value is -2.51. The van der Waals surface area contributed by atoms with Crippen LogP contribution in [-0.4, -0.2) is 49.8 Å². The standard InChI is InChI=1S/C22H24F2N2O3/c1-28-16-7-5-15(6-8-16)11-26-12-17(21-18(23)3-2-4-19(21)24)22(13-26)14-29-10-9-20(27)25-22/h2-8,17H,9-14H2,1H3,(H,25,27)/t17-,22-/m0/s1. The molecule has 0 unspecified atom stereocenters. The number of halogens is 2. The number of ether oxygens (including phenoxy) is 2. The van der Waals surface area contributed by atoms with Gasteiger partial charge in [-0.2, -0.15) is 0 Å². The summed E-state index contributed by atoms with van der Waals surface area (Å²) in [6.07, 6.45) is 0.243. The first kappa shape index (κ1) is 19.8. The number of nitrogens with zero attached hydrogens (tertiary/aromatic N) is 1. The topological polar surface area (TPSA) is 50.8 Å². The van der Waals surface area contributed by atoms with Crippen molar-refractivity contribution in [3.8, 4) is 5.75 Å². The van der Waals surface area contributed by atoms with Crippen LogP contribution in [0.15, 0.2) is 42.5 Å². The zero-order chi connectivity index (χ0) is 20.4. The minimum atomic E-state index is -0.872. The first-order chi connectivity index (χ1) is 14.0. The Kier molecular flexibility index (Phi) is 5.52. The van der Waals surface area contributed by atoms with E-state index in [4.69, 9.17) is 9.47 Å². The molecule has 1 spiro atoms. The number of methoxy groups -OCH3 is 1. The lowest BCUT2D eigenvalue weighted by Crippen LogP contribution is -2.55. The van der Waals surface area contributed by atoms with Gasteiger partial charge in [0.05, 0.1) is 25.9 Å². The maximum absolute atomic E-state index is 14.7. The molecule has 4 rings (SSSR count). The molecule has 7 heteroatoms. The maximum atomic E-state index is 14.7. The summed E-state index contributed by atoms with van der Waals surface area (Å²) in [5.41, 5.74) is 0.190. The summed E-state index contributed by atoms with van der Waals surface area (Å²) in [6.45, 7) is 1.97. The van der Waals surface area contributed by atoms with Crippen molar-refractivity contribution in [3.63, 3.8) is 0 Å². The maximum Gasteiger partial charge on any atom is 0.222 e. The first-order valence-corrected chi connectivity index (χ1v) is 9.69. The van der Waals surface area contributed by atoms with Gasteiger partial charge in [-0.15, -0.1) is 0 Å². The SMILES string of the molecule is COc1ccc(CN2C[C@@H](c3c(F)cccc3F)[C@@]3(COCCC(=O)N3)C2)cc1. The van der Waals surface area contributed by atoms with Crippen molar-refractivity contribution in [3.05, 3.63) is 65.2 Å². The van der Waals surface area contributed by atoms with E-state index in [1.165, 1.54) is 18.2 Å². The molecule has 1 amide bonds. The van der Waals surface area contributed by atoms with Crippen LogP contribution in [0.5, 0.6) is 5.75 Å². The predicted octanol–water partition coefficient (Wildman–Crippen LogP) is 2.85. The van der Waals surface area contributed by atoms with Gasteiger partial charge in [-0.25, -0.2) is 8.78 Å². The number of carbonyl (C=O) groups is 1. The fourth-order valence-electron chi connectivity index (χ4n) is 4.40. The van der Waals surface area contributed by atoms with E-state index in [-0.39, 0.29) is 24.5 Å². The molecule has 0 radical (unpaired) electrons. The molecule has 2 fully saturated rings. The monoisotopic (exact) mass is 402 g/mol. The van der Waals surface area contributed by atoms with Crippen molar-refractivity contribution >= 4 is 5.91 Å². The minimum absolute atomic E-state index is 0.00975. The zero-order valence-electron chi connectivity index (χ0n) is 16.3. The van der Waals surface area contributed by atoms with Crippen LogP contribution in [0, 0.1) is 11.6 Å². The van der Waals surface area contributed by atoms with Crippen molar-refractivity contribution in [1.29, 1.82) is 0 Å². The Morgan fingerprint density at radius 3 is 2.62 bits per heavy atom. The van der Waals surface area contributed by atoms with Crippen molar-refractivity contribution in [2.24, 2.45) is 0 Å². The highest BCUT2D eigenvalue weighted by Gasteiger charge is 2.51. The summed E-state index contributed by atoms with van der Waals surface area (Å²) < 4.78 is 40.2. The number of rotatable bonds is 4. The van der Waals surface area contributed by atoms with Crippen LogP contribution in [0.4, 0.5) is 8.78 Å². The van der Waals surface area contributed by atoms with Gasteiger partial charge < -0.3 is 14.8 Å². The molecule has 0 bridgehead atoms. The molecule has 1 N–H and O–H groups in total. The molecule has 5 nitrogen and oxygen atoms in total. The van der Waals surface area contributed by atoms with E-state index >= 15 is 0 Å². The molecule has 2 atom stereocenters. The van der Waals surface area contributed by atoms with Crippen LogP contribution in [0.3, 0.4) is 0 Å². The summed E-state index contributed by atoms with van der Waals surface area (Å²) in [7, 11) is 1.61. The normalized spacial score (nSPS) is 25.1. The van der Waals surface area contributed by atoms with Crippen molar-refractivity contribution in [2.45, 2.75) is 24.4 Å². The highest BCUT2D eigenvalue weighted by Crippen LogP contribution is 2.40. The second-order valence-corrected chi connectivity index (χ2v) is 7.71. The molecular weight excluding hydrogens is 378 g/mol. The number of carbonyl (C=O) groups excluding carboxylic acids is 1. The molecule has 2 saturated heterocycles.